The molecule has 0 saturated carbocycles. The number of H-pyrrole nitrogens is 1. The molecule has 0 radical (unpaired) electrons. The summed E-state index contributed by atoms with van der Waals surface area (Å²) in [5.74, 6) is -0.572. The zero-order valence-corrected chi connectivity index (χ0v) is 15.5. The number of benzene rings is 2. The maximum atomic E-state index is 13.6. The Hall–Kier alpha value is -2.93. The maximum absolute atomic E-state index is 13.6. The molecule has 0 spiro atoms. The minimum atomic E-state index is -0.508. The first-order valence-electron chi connectivity index (χ1n) is 8.19. The second-order valence-electron chi connectivity index (χ2n) is 6.38. The smallest absolute Gasteiger partial charge is 0.269 e. The molecule has 3 aromatic rings. The van der Waals surface area contributed by atoms with Crippen molar-refractivity contribution < 1.29 is 14.1 Å². The molecule has 0 saturated heterocycles. The summed E-state index contributed by atoms with van der Waals surface area (Å²) in [6, 6.07) is 8.52. The Morgan fingerprint density at radius 1 is 1.30 bits per heavy atom. The van der Waals surface area contributed by atoms with Crippen LogP contribution in [-0.2, 0) is 17.8 Å². The largest absolute Gasteiger partial charge is 0.358 e. The number of nitro groups is 1. The molecule has 1 aromatic heterocycles. The lowest BCUT2D eigenvalue weighted by molar-refractivity contribution is -0.384. The summed E-state index contributed by atoms with van der Waals surface area (Å²) in [5.41, 5.74) is 2.69. The van der Waals surface area contributed by atoms with Gasteiger partial charge in [0.1, 0.15) is 5.82 Å². The van der Waals surface area contributed by atoms with Crippen LogP contribution < -0.4 is 0 Å². The van der Waals surface area contributed by atoms with Gasteiger partial charge in [-0.1, -0.05) is 11.6 Å². The fourth-order valence-corrected chi connectivity index (χ4v) is 3.19. The first-order chi connectivity index (χ1) is 12.8. The van der Waals surface area contributed by atoms with Crippen LogP contribution in [0.1, 0.15) is 16.8 Å². The highest BCUT2D eigenvalue weighted by Crippen LogP contribution is 2.26. The molecule has 2 aromatic carbocycles. The topological polar surface area (TPSA) is 79.2 Å². The Morgan fingerprint density at radius 3 is 2.74 bits per heavy atom. The normalized spacial score (nSPS) is 11.0. The van der Waals surface area contributed by atoms with Crippen LogP contribution in [0.4, 0.5) is 10.1 Å². The van der Waals surface area contributed by atoms with Gasteiger partial charge in [-0.05, 0) is 42.3 Å². The minimum Gasteiger partial charge on any atom is -0.358 e. The van der Waals surface area contributed by atoms with Crippen LogP contribution in [0.25, 0.3) is 10.9 Å². The third kappa shape index (κ3) is 3.93. The summed E-state index contributed by atoms with van der Waals surface area (Å²) in [5, 5.41) is 12.0. The predicted molar refractivity (Wildman–Crippen MR) is 101 cm³/mol. The number of amides is 1. The molecule has 140 valence electrons. The molecular formula is C19H17ClFN3O3. The van der Waals surface area contributed by atoms with Crippen LogP contribution in [0, 0.1) is 22.9 Å². The standard InChI is InChI=1S/C19H17ClFN3O3/c1-11-15(16-8-13(21)3-6-18(16)22-11)9-19(25)23(2)10-12-7-14(24(26)27)4-5-17(12)20/h3-8,22H,9-10H2,1-2H3. The van der Waals surface area contributed by atoms with Gasteiger partial charge in [0.15, 0.2) is 0 Å². The van der Waals surface area contributed by atoms with E-state index in [1.165, 1.54) is 35.2 Å². The second-order valence-corrected chi connectivity index (χ2v) is 6.79. The van der Waals surface area contributed by atoms with Crippen molar-refractivity contribution in [2.75, 3.05) is 7.05 Å². The van der Waals surface area contributed by atoms with Crippen molar-refractivity contribution in [1.29, 1.82) is 0 Å². The summed E-state index contributed by atoms with van der Waals surface area (Å²) in [6.07, 6.45) is 0.0817. The number of carbonyl (C=O) groups excluding carboxylic acids is 1. The molecule has 0 unspecified atom stereocenters. The molecule has 27 heavy (non-hydrogen) atoms. The van der Waals surface area contributed by atoms with Crippen molar-refractivity contribution in [2.24, 2.45) is 0 Å². The number of hydrogen-bond acceptors (Lipinski definition) is 3. The molecule has 0 aliphatic carbocycles. The molecule has 0 atom stereocenters. The van der Waals surface area contributed by atoms with Gasteiger partial charge in [-0.2, -0.15) is 0 Å². The Balaban J connectivity index is 1.81. The van der Waals surface area contributed by atoms with Crippen molar-refractivity contribution in [3.8, 4) is 0 Å². The van der Waals surface area contributed by atoms with Gasteiger partial charge in [0, 0.05) is 47.3 Å². The van der Waals surface area contributed by atoms with E-state index in [1.54, 1.807) is 13.1 Å². The number of nitrogens with one attached hydrogen (secondary N) is 1. The van der Waals surface area contributed by atoms with Crippen LogP contribution in [0.5, 0.6) is 0 Å². The van der Waals surface area contributed by atoms with Gasteiger partial charge in [-0.15, -0.1) is 0 Å². The number of likely N-dealkylation sites (N-methyl/N-ethyl adjacent to an activating group) is 1. The van der Waals surface area contributed by atoms with Gasteiger partial charge in [-0.3, -0.25) is 14.9 Å². The Kier molecular flexibility index (Phi) is 5.14. The molecule has 6 nitrogen and oxygen atoms in total. The van der Waals surface area contributed by atoms with Crippen molar-refractivity contribution in [2.45, 2.75) is 19.9 Å². The maximum Gasteiger partial charge on any atom is 0.269 e. The van der Waals surface area contributed by atoms with Crippen molar-refractivity contribution >= 4 is 34.1 Å². The lowest BCUT2D eigenvalue weighted by atomic mass is 10.1. The van der Waals surface area contributed by atoms with Gasteiger partial charge in [0.2, 0.25) is 5.91 Å². The SMILES string of the molecule is Cc1[nH]c2ccc(F)cc2c1CC(=O)N(C)Cc1cc([N+](=O)[O-])ccc1Cl. The fourth-order valence-electron chi connectivity index (χ4n) is 3.01. The second kappa shape index (κ2) is 7.36. The van der Waals surface area contributed by atoms with Gasteiger partial charge in [-0.25, -0.2) is 4.39 Å². The lowest BCUT2D eigenvalue weighted by Gasteiger charge is -2.18. The van der Waals surface area contributed by atoms with E-state index in [9.17, 15) is 19.3 Å². The Bertz CT molecular complexity index is 1050. The van der Waals surface area contributed by atoms with E-state index in [0.717, 1.165) is 16.8 Å². The molecule has 1 amide bonds. The molecule has 3 rings (SSSR count). The predicted octanol–water partition coefficient (Wildman–Crippen LogP) is 4.38. The number of aromatic amines is 1. The zero-order chi connectivity index (χ0) is 19.7. The number of carbonyl (C=O) groups is 1. The van der Waals surface area contributed by atoms with Crippen LogP contribution in [0.3, 0.4) is 0 Å². The molecule has 0 bridgehead atoms. The van der Waals surface area contributed by atoms with Gasteiger partial charge in [0.25, 0.3) is 5.69 Å². The van der Waals surface area contributed by atoms with Gasteiger partial charge < -0.3 is 9.88 Å². The van der Waals surface area contributed by atoms with E-state index in [4.69, 9.17) is 11.6 Å². The number of nitrogens with zero attached hydrogens (tertiary/aromatic N) is 2. The van der Waals surface area contributed by atoms with E-state index >= 15 is 0 Å². The molecule has 1 N–H and O–H groups in total. The van der Waals surface area contributed by atoms with Crippen LogP contribution in [0.15, 0.2) is 36.4 Å². The molecule has 0 aliphatic heterocycles. The highest BCUT2D eigenvalue weighted by Gasteiger charge is 2.18. The molecule has 0 fully saturated rings. The molecule has 0 aliphatic rings. The van der Waals surface area contributed by atoms with Crippen LogP contribution >= 0.6 is 11.6 Å². The number of aryl methyl sites for hydroxylation is 1. The summed E-state index contributed by atoms with van der Waals surface area (Å²) in [4.78, 5) is 27.7. The number of rotatable bonds is 5. The summed E-state index contributed by atoms with van der Waals surface area (Å²) in [6.45, 7) is 1.97. The first-order valence-corrected chi connectivity index (χ1v) is 8.57. The molecular weight excluding hydrogens is 373 g/mol. The minimum absolute atomic E-state index is 0.0817. The summed E-state index contributed by atoms with van der Waals surface area (Å²) < 4.78 is 13.6. The fraction of sp³-hybridized carbons (Fsp3) is 0.211. The van der Waals surface area contributed by atoms with E-state index in [2.05, 4.69) is 4.98 Å². The Labute approximate surface area is 159 Å². The number of non-ortho nitro benzene ring substituents is 1. The highest BCUT2D eigenvalue weighted by molar-refractivity contribution is 6.31. The number of hydrogen-bond donors (Lipinski definition) is 1. The van der Waals surface area contributed by atoms with Gasteiger partial charge in [0.05, 0.1) is 11.3 Å². The Morgan fingerprint density at radius 2 is 2.04 bits per heavy atom. The number of nitro benzene ring substituents is 1. The average Bonchev–Trinajstić information content (AvgIpc) is 2.91. The monoisotopic (exact) mass is 389 g/mol. The van der Waals surface area contributed by atoms with Crippen molar-refractivity contribution in [3.05, 3.63) is 74.2 Å². The third-order valence-corrected chi connectivity index (χ3v) is 4.85. The molecule has 1 heterocycles. The quantitative estimate of drug-likeness (QED) is 0.519. The number of halogens is 2. The van der Waals surface area contributed by atoms with E-state index in [0.29, 0.717) is 16.0 Å². The summed E-state index contributed by atoms with van der Waals surface area (Å²) in [7, 11) is 1.60. The number of fused-ring (bicyclic) bond motifs is 1. The highest BCUT2D eigenvalue weighted by atomic mass is 35.5. The average molecular weight is 390 g/mol. The number of aromatic nitrogens is 1. The zero-order valence-electron chi connectivity index (χ0n) is 14.8. The van der Waals surface area contributed by atoms with E-state index in [-0.39, 0.29) is 30.4 Å². The van der Waals surface area contributed by atoms with Crippen molar-refractivity contribution in [1.82, 2.24) is 9.88 Å². The summed E-state index contributed by atoms with van der Waals surface area (Å²) >= 11 is 6.11. The van der Waals surface area contributed by atoms with Gasteiger partial charge >= 0.3 is 0 Å². The first kappa shape index (κ1) is 18.8. The van der Waals surface area contributed by atoms with E-state index in [1.807, 2.05) is 6.92 Å². The van der Waals surface area contributed by atoms with Crippen molar-refractivity contribution in [3.63, 3.8) is 0 Å². The lowest BCUT2D eigenvalue weighted by Crippen LogP contribution is -2.28. The molecule has 8 heteroatoms. The van der Waals surface area contributed by atoms with E-state index < -0.39 is 4.92 Å². The third-order valence-electron chi connectivity index (χ3n) is 4.48. The van der Waals surface area contributed by atoms with Crippen LogP contribution in [-0.4, -0.2) is 27.8 Å². The van der Waals surface area contributed by atoms with Crippen LogP contribution in [0.2, 0.25) is 5.02 Å².